The van der Waals surface area contributed by atoms with Crippen molar-refractivity contribution in [1.29, 1.82) is 0 Å². The molecule has 0 saturated heterocycles. The molecule has 0 bridgehead atoms. The van der Waals surface area contributed by atoms with Gasteiger partial charge in [-0.2, -0.15) is 0 Å². The quantitative estimate of drug-likeness (QED) is 0.491. The van der Waals surface area contributed by atoms with Gasteiger partial charge in [0.15, 0.2) is 0 Å². The summed E-state index contributed by atoms with van der Waals surface area (Å²) in [5.74, 6) is 6.63. The molecular formula is C16H22Si2. The van der Waals surface area contributed by atoms with E-state index in [0.29, 0.717) is 0 Å². The second-order valence-electron chi connectivity index (χ2n) is 6.55. The standard InChI is InChI=1S/C16H22Si2/c1-17(2,3)13-11-15-9-7-8-10-16(15)12-14-18(4,5)6/h7-10H,1-6H3. The maximum atomic E-state index is 3.41. The van der Waals surface area contributed by atoms with Crippen molar-refractivity contribution in [2.45, 2.75) is 39.3 Å². The van der Waals surface area contributed by atoms with E-state index in [1.807, 2.05) is 12.1 Å². The molecule has 1 aromatic rings. The number of rotatable bonds is 0. The molecule has 0 unspecified atom stereocenters. The zero-order valence-electron chi connectivity index (χ0n) is 12.3. The van der Waals surface area contributed by atoms with Gasteiger partial charge in [-0.25, -0.2) is 0 Å². The Bertz CT molecular complexity index is 484. The van der Waals surface area contributed by atoms with Crippen molar-refractivity contribution in [2.24, 2.45) is 0 Å². The minimum Gasteiger partial charge on any atom is -0.127 e. The average molecular weight is 271 g/mol. The average Bonchev–Trinajstić information content (AvgIpc) is 2.22. The first-order valence-corrected chi connectivity index (χ1v) is 13.3. The Kier molecular flexibility index (Phi) is 4.62. The number of hydrogen-bond donors (Lipinski definition) is 0. The van der Waals surface area contributed by atoms with E-state index >= 15 is 0 Å². The van der Waals surface area contributed by atoms with Crippen LogP contribution in [0.5, 0.6) is 0 Å². The number of benzene rings is 1. The van der Waals surface area contributed by atoms with Crippen LogP contribution in [0.4, 0.5) is 0 Å². The molecule has 94 valence electrons. The third kappa shape index (κ3) is 5.91. The van der Waals surface area contributed by atoms with Crippen LogP contribution in [0.3, 0.4) is 0 Å². The molecule has 0 heterocycles. The summed E-state index contributed by atoms with van der Waals surface area (Å²) >= 11 is 0. The Labute approximate surface area is 114 Å². The van der Waals surface area contributed by atoms with Crippen molar-refractivity contribution >= 4 is 16.1 Å². The Balaban J connectivity index is 3.14. The second-order valence-corrected chi connectivity index (χ2v) is 16.0. The molecule has 0 spiro atoms. The van der Waals surface area contributed by atoms with Gasteiger partial charge in [-0.15, -0.1) is 11.1 Å². The topological polar surface area (TPSA) is 0 Å². The Morgan fingerprint density at radius 1 is 0.667 bits per heavy atom. The highest BCUT2D eigenvalue weighted by atomic mass is 28.3. The molecule has 0 N–H and O–H groups in total. The summed E-state index contributed by atoms with van der Waals surface area (Å²) in [7, 11) is -2.65. The molecule has 2 heteroatoms. The SMILES string of the molecule is C[Si](C)(C)C#Cc1ccccc1C#C[Si](C)(C)C. The fourth-order valence-corrected chi connectivity index (χ4v) is 2.23. The van der Waals surface area contributed by atoms with Crippen molar-refractivity contribution in [3.05, 3.63) is 35.4 Å². The molecule has 1 rings (SSSR count). The van der Waals surface area contributed by atoms with Gasteiger partial charge in [-0.3, -0.25) is 0 Å². The molecule has 0 atom stereocenters. The highest BCUT2D eigenvalue weighted by Gasteiger charge is 2.09. The zero-order chi connectivity index (χ0) is 13.8. The van der Waals surface area contributed by atoms with Crippen LogP contribution in [-0.4, -0.2) is 16.1 Å². The molecule has 0 amide bonds. The van der Waals surface area contributed by atoms with Gasteiger partial charge in [0.2, 0.25) is 0 Å². The molecule has 0 fully saturated rings. The summed E-state index contributed by atoms with van der Waals surface area (Å²) in [5.41, 5.74) is 8.97. The molecule has 0 aliphatic heterocycles. The molecule has 0 radical (unpaired) electrons. The fraction of sp³-hybridized carbons (Fsp3) is 0.375. The maximum Gasteiger partial charge on any atom is 0.129 e. The van der Waals surface area contributed by atoms with E-state index < -0.39 is 16.1 Å². The van der Waals surface area contributed by atoms with Crippen LogP contribution in [-0.2, 0) is 0 Å². The summed E-state index contributed by atoms with van der Waals surface area (Å²) in [4.78, 5) is 0. The van der Waals surface area contributed by atoms with Crippen LogP contribution >= 0.6 is 0 Å². The lowest BCUT2D eigenvalue weighted by Crippen LogP contribution is -2.16. The van der Waals surface area contributed by atoms with E-state index in [4.69, 9.17) is 0 Å². The first-order valence-electron chi connectivity index (χ1n) is 6.33. The lowest BCUT2D eigenvalue weighted by molar-refractivity contribution is 1.59. The van der Waals surface area contributed by atoms with Crippen LogP contribution in [0.2, 0.25) is 39.3 Å². The van der Waals surface area contributed by atoms with Crippen molar-refractivity contribution in [3.8, 4) is 22.9 Å². The zero-order valence-corrected chi connectivity index (χ0v) is 14.3. The summed E-state index contributed by atoms with van der Waals surface area (Å²) in [6.45, 7) is 13.6. The molecule has 0 aliphatic rings. The van der Waals surface area contributed by atoms with E-state index in [1.165, 1.54) is 0 Å². The van der Waals surface area contributed by atoms with Crippen LogP contribution in [0.1, 0.15) is 11.1 Å². The molecule has 0 aliphatic carbocycles. The molecule has 0 aromatic heterocycles. The predicted octanol–water partition coefficient (Wildman–Crippen LogP) is 4.14. The van der Waals surface area contributed by atoms with Crippen molar-refractivity contribution in [2.75, 3.05) is 0 Å². The van der Waals surface area contributed by atoms with Gasteiger partial charge in [0.05, 0.1) is 0 Å². The molecule has 18 heavy (non-hydrogen) atoms. The Morgan fingerprint density at radius 3 is 1.28 bits per heavy atom. The Morgan fingerprint density at radius 2 is 1.00 bits per heavy atom. The lowest BCUT2D eigenvalue weighted by Gasteiger charge is -2.05. The van der Waals surface area contributed by atoms with E-state index in [9.17, 15) is 0 Å². The van der Waals surface area contributed by atoms with Crippen LogP contribution < -0.4 is 0 Å². The van der Waals surface area contributed by atoms with Crippen molar-refractivity contribution in [3.63, 3.8) is 0 Å². The van der Waals surface area contributed by atoms with E-state index in [1.54, 1.807) is 0 Å². The third-order valence-electron chi connectivity index (χ3n) is 2.07. The third-order valence-corrected chi connectivity index (χ3v) is 3.82. The van der Waals surface area contributed by atoms with Gasteiger partial charge >= 0.3 is 0 Å². The van der Waals surface area contributed by atoms with Gasteiger partial charge in [0, 0.05) is 11.1 Å². The van der Waals surface area contributed by atoms with Gasteiger partial charge < -0.3 is 0 Å². The lowest BCUT2D eigenvalue weighted by atomic mass is 10.1. The van der Waals surface area contributed by atoms with Crippen molar-refractivity contribution < 1.29 is 0 Å². The molecule has 0 saturated carbocycles. The van der Waals surface area contributed by atoms with E-state index in [0.717, 1.165) is 11.1 Å². The molecule has 1 aromatic carbocycles. The highest BCUT2D eigenvalue weighted by molar-refractivity contribution is 6.84. The van der Waals surface area contributed by atoms with Crippen LogP contribution in [0, 0.1) is 22.9 Å². The number of hydrogen-bond acceptors (Lipinski definition) is 0. The summed E-state index contributed by atoms with van der Waals surface area (Å²) < 4.78 is 0. The summed E-state index contributed by atoms with van der Waals surface area (Å²) in [6.07, 6.45) is 0. The monoisotopic (exact) mass is 270 g/mol. The van der Waals surface area contributed by atoms with Crippen molar-refractivity contribution in [1.82, 2.24) is 0 Å². The second kappa shape index (κ2) is 5.61. The summed E-state index contributed by atoms with van der Waals surface area (Å²) in [6, 6.07) is 8.21. The van der Waals surface area contributed by atoms with E-state index in [2.05, 4.69) is 74.3 Å². The van der Waals surface area contributed by atoms with Crippen LogP contribution in [0.15, 0.2) is 24.3 Å². The predicted molar refractivity (Wildman–Crippen MR) is 86.9 cm³/mol. The highest BCUT2D eigenvalue weighted by Crippen LogP contribution is 2.08. The van der Waals surface area contributed by atoms with Gasteiger partial charge in [0.1, 0.15) is 16.1 Å². The van der Waals surface area contributed by atoms with Gasteiger partial charge in [-0.05, 0) is 12.1 Å². The van der Waals surface area contributed by atoms with Gasteiger partial charge in [-0.1, -0.05) is 63.3 Å². The largest absolute Gasteiger partial charge is 0.129 e. The molecular weight excluding hydrogens is 248 g/mol. The fourth-order valence-electron chi connectivity index (χ4n) is 1.21. The smallest absolute Gasteiger partial charge is 0.127 e. The first kappa shape index (κ1) is 14.8. The molecule has 0 nitrogen and oxygen atoms in total. The van der Waals surface area contributed by atoms with E-state index in [-0.39, 0.29) is 0 Å². The summed E-state index contributed by atoms with van der Waals surface area (Å²) in [5, 5.41) is 0. The minimum absolute atomic E-state index is 1.07. The normalized spacial score (nSPS) is 11.0. The van der Waals surface area contributed by atoms with Crippen LogP contribution in [0.25, 0.3) is 0 Å². The first-order chi connectivity index (χ1) is 8.17. The Hall–Kier alpha value is -1.23. The maximum absolute atomic E-state index is 3.41. The van der Waals surface area contributed by atoms with Gasteiger partial charge in [0.25, 0.3) is 0 Å². The minimum atomic E-state index is -1.32.